The first kappa shape index (κ1) is 16.4. The van der Waals surface area contributed by atoms with Crippen LogP contribution in [-0.4, -0.2) is 18.3 Å². The maximum absolute atomic E-state index is 14.5. The highest BCUT2D eigenvalue weighted by atomic mass is 19.1. The van der Waals surface area contributed by atoms with Gasteiger partial charge in [0.2, 0.25) is 0 Å². The van der Waals surface area contributed by atoms with E-state index in [4.69, 9.17) is 0 Å². The molecule has 0 spiro atoms. The van der Waals surface area contributed by atoms with Gasteiger partial charge in [0, 0.05) is 29.2 Å². The molecule has 0 aliphatic heterocycles. The summed E-state index contributed by atoms with van der Waals surface area (Å²) >= 11 is 0. The summed E-state index contributed by atoms with van der Waals surface area (Å²) in [6, 6.07) is 11.0. The van der Waals surface area contributed by atoms with Crippen LogP contribution in [0.25, 0.3) is 22.0 Å². The molecule has 1 heterocycles. The normalized spacial score (nSPS) is 11.2. The Morgan fingerprint density at radius 2 is 1.54 bits per heavy atom. The molecule has 0 saturated heterocycles. The van der Waals surface area contributed by atoms with Crippen LogP contribution in [0.4, 0.5) is 17.6 Å². The lowest BCUT2D eigenvalue weighted by molar-refractivity contribution is 0.482. The van der Waals surface area contributed by atoms with Crippen molar-refractivity contribution < 1.29 is 17.6 Å². The average molecular weight is 333 g/mol. The number of pyridine rings is 1. The summed E-state index contributed by atoms with van der Waals surface area (Å²) in [5.74, 6) is -1.04. The first-order chi connectivity index (χ1) is 11.7. The van der Waals surface area contributed by atoms with Crippen molar-refractivity contribution in [2.75, 3.05) is 13.3 Å². The zero-order valence-electron chi connectivity index (χ0n) is 12.8. The van der Waals surface area contributed by atoms with Crippen LogP contribution in [0.5, 0.6) is 0 Å². The van der Waals surface area contributed by atoms with Gasteiger partial charge in [-0.25, -0.2) is 13.8 Å². The van der Waals surface area contributed by atoms with Crippen molar-refractivity contribution in [3.05, 3.63) is 65.4 Å². The van der Waals surface area contributed by atoms with Crippen molar-refractivity contribution in [3.8, 4) is 11.3 Å². The Morgan fingerprint density at radius 3 is 2.25 bits per heavy atom. The van der Waals surface area contributed by atoms with Crippen LogP contribution in [-0.2, 0) is 12.8 Å². The fourth-order valence-corrected chi connectivity index (χ4v) is 2.77. The van der Waals surface area contributed by atoms with Crippen LogP contribution in [0.2, 0.25) is 0 Å². The molecule has 3 aromatic rings. The highest BCUT2D eigenvalue weighted by Crippen LogP contribution is 2.31. The lowest BCUT2D eigenvalue weighted by Crippen LogP contribution is -2.02. The number of hydrogen-bond donors (Lipinski definition) is 0. The van der Waals surface area contributed by atoms with Gasteiger partial charge in [0.15, 0.2) is 5.82 Å². The van der Waals surface area contributed by atoms with Gasteiger partial charge in [-0.1, -0.05) is 24.3 Å². The third-order valence-corrected chi connectivity index (χ3v) is 3.93. The molecule has 0 aliphatic rings. The fourth-order valence-electron chi connectivity index (χ4n) is 2.77. The summed E-state index contributed by atoms with van der Waals surface area (Å²) in [7, 11) is 0. The SMILES string of the molecule is FCCc1cc(-c2nc(CCF)c(F)c3ccccc23)ccc1F. The molecule has 0 N–H and O–H groups in total. The molecule has 0 aliphatic carbocycles. The van der Waals surface area contributed by atoms with Crippen LogP contribution in [0.3, 0.4) is 0 Å². The van der Waals surface area contributed by atoms with E-state index in [-0.39, 0.29) is 24.1 Å². The summed E-state index contributed by atoms with van der Waals surface area (Å²) in [5.41, 5.74) is 1.26. The van der Waals surface area contributed by atoms with Crippen molar-refractivity contribution in [1.82, 2.24) is 4.98 Å². The van der Waals surface area contributed by atoms with E-state index in [1.165, 1.54) is 18.2 Å². The van der Waals surface area contributed by atoms with Crippen LogP contribution >= 0.6 is 0 Å². The van der Waals surface area contributed by atoms with E-state index in [1.54, 1.807) is 24.3 Å². The minimum absolute atomic E-state index is 0.0302. The van der Waals surface area contributed by atoms with Gasteiger partial charge in [0.1, 0.15) is 5.82 Å². The molecule has 3 rings (SSSR count). The number of hydrogen-bond acceptors (Lipinski definition) is 1. The molecule has 0 atom stereocenters. The second kappa shape index (κ2) is 6.99. The van der Waals surface area contributed by atoms with Crippen LogP contribution in [0.1, 0.15) is 11.3 Å². The summed E-state index contributed by atoms with van der Waals surface area (Å²) in [5, 5.41) is 0.887. The third-order valence-electron chi connectivity index (χ3n) is 3.93. The average Bonchev–Trinajstić information content (AvgIpc) is 2.60. The van der Waals surface area contributed by atoms with Crippen molar-refractivity contribution in [3.63, 3.8) is 0 Å². The van der Waals surface area contributed by atoms with Crippen molar-refractivity contribution in [2.45, 2.75) is 12.8 Å². The first-order valence-electron chi connectivity index (χ1n) is 7.63. The molecule has 5 heteroatoms. The second-order valence-electron chi connectivity index (χ2n) is 5.45. The van der Waals surface area contributed by atoms with E-state index in [2.05, 4.69) is 4.98 Å². The van der Waals surface area contributed by atoms with E-state index in [9.17, 15) is 17.6 Å². The molecule has 1 aromatic heterocycles. The molecule has 0 radical (unpaired) electrons. The number of benzene rings is 2. The molecule has 124 valence electrons. The number of rotatable bonds is 5. The Balaban J connectivity index is 2.25. The maximum atomic E-state index is 14.5. The van der Waals surface area contributed by atoms with Gasteiger partial charge >= 0.3 is 0 Å². The topological polar surface area (TPSA) is 12.9 Å². The predicted octanol–water partition coefficient (Wildman–Crippen LogP) is 5.20. The van der Waals surface area contributed by atoms with E-state index in [0.29, 0.717) is 22.0 Å². The van der Waals surface area contributed by atoms with E-state index < -0.39 is 25.0 Å². The van der Waals surface area contributed by atoms with E-state index in [1.807, 2.05) is 0 Å². The second-order valence-corrected chi connectivity index (χ2v) is 5.45. The van der Waals surface area contributed by atoms with Crippen LogP contribution in [0, 0.1) is 11.6 Å². The lowest BCUT2D eigenvalue weighted by Gasteiger charge is -2.12. The van der Waals surface area contributed by atoms with Crippen LogP contribution in [0.15, 0.2) is 42.5 Å². The third kappa shape index (κ3) is 2.98. The number of aromatic nitrogens is 1. The maximum Gasteiger partial charge on any atom is 0.152 e. The quantitative estimate of drug-likeness (QED) is 0.585. The van der Waals surface area contributed by atoms with Gasteiger partial charge in [0.05, 0.1) is 24.7 Å². The Morgan fingerprint density at radius 1 is 0.833 bits per heavy atom. The largest absolute Gasteiger partial charge is 0.251 e. The molecule has 1 nitrogen and oxygen atoms in total. The van der Waals surface area contributed by atoms with Gasteiger partial charge in [-0.2, -0.15) is 0 Å². The smallest absolute Gasteiger partial charge is 0.152 e. The first-order valence-corrected chi connectivity index (χ1v) is 7.63. The number of nitrogens with zero attached hydrogens (tertiary/aromatic N) is 1. The van der Waals surface area contributed by atoms with Gasteiger partial charge in [-0.15, -0.1) is 0 Å². The Bertz CT molecular complexity index is 877. The van der Waals surface area contributed by atoms with Gasteiger partial charge in [-0.3, -0.25) is 8.78 Å². The molecule has 0 saturated carbocycles. The Labute approximate surface area is 137 Å². The molecule has 0 fully saturated rings. The standard InChI is InChI=1S/C19H15F4N/c20-9-7-12-11-13(5-6-16(12)22)19-15-4-2-1-3-14(15)18(23)17(24-19)8-10-21/h1-6,11H,7-10H2. The van der Waals surface area contributed by atoms with E-state index in [0.717, 1.165) is 0 Å². The Hall–Kier alpha value is -2.43. The lowest BCUT2D eigenvalue weighted by atomic mass is 9.99. The predicted molar refractivity (Wildman–Crippen MR) is 86.5 cm³/mol. The highest BCUT2D eigenvalue weighted by molar-refractivity contribution is 5.95. The fraction of sp³-hybridized carbons (Fsp3) is 0.211. The summed E-state index contributed by atoms with van der Waals surface area (Å²) < 4.78 is 53.5. The number of aryl methyl sites for hydroxylation is 2. The molecule has 0 amide bonds. The minimum Gasteiger partial charge on any atom is -0.251 e. The van der Waals surface area contributed by atoms with Crippen molar-refractivity contribution >= 4 is 10.8 Å². The summed E-state index contributed by atoms with van der Waals surface area (Å²) in [4.78, 5) is 4.26. The zero-order chi connectivity index (χ0) is 17.1. The van der Waals surface area contributed by atoms with E-state index >= 15 is 0 Å². The van der Waals surface area contributed by atoms with Crippen molar-refractivity contribution in [1.29, 1.82) is 0 Å². The minimum atomic E-state index is -0.724. The number of alkyl halides is 2. The zero-order valence-corrected chi connectivity index (χ0v) is 12.8. The van der Waals surface area contributed by atoms with Gasteiger partial charge in [0.25, 0.3) is 0 Å². The Kier molecular flexibility index (Phi) is 4.79. The molecular weight excluding hydrogens is 318 g/mol. The number of fused-ring (bicyclic) bond motifs is 1. The number of halogens is 4. The molecule has 2 aromatic carbocycles. The van der Waals surface area contributed by atoms with Gasteiger partial charge < -0.3 is 0 Å². The summed E-state index contributed by atoms with van der Waals surface area (Å²) in [6.45, 7) is -1.40. The molecule has 24 heavy (non-hydrogen) atoms. The summed E-state index contributed by atoms with van der Waals surface area (Å²) in [6.07, 6.45) is -0.182. The monoisotopic (exact) mass is 333 g/mol. The van der Waals surface area contributed by atoms with Gasteiger partial charge in [-0.05, 0) is 23.8 Å². The van der Waals surface area contributed by atoms with Crippen molar-refractivity contribution in [2.24, 2.45) is 0 Å². The molecular formula is C19H15F4N. The van der Waals surface area contributed by atoms with Crippen LogP contribution < -0.4 is 0 Å². The highest BCUT2D eigenvalue weighted by Gasteiger charge is 2.16. The molecule has 0 unspecified atom stereocenters. The molecule has 0 bridgehead atoms.